The van der Waals surface area contributed by atoms with Crippen molar-refractivity contribution in [1.29, 1.82) is 0 Å². The molecule has 2 fully saturated rings. The maximum absolute atomic E-state index is 12.7. The van der Waals surface area contributed by atoms with Crippen LogP contribution in [0.2, 0.25) is 0 Å². The van der Waals surface area contributed by atoms with Crippen LogP contribution < -0.4 is 0 Å². The highest BCUT2D eigenvalue weighted by atomic mass is 16.2. The molecule has 1 spiro atoms. The third kappa shape index (κ3) is 4.13. The highest BCUT2D eigenvalue weighted by molar-refractivity contribution is 5.92. The Balaban J connectivity index is 1.33. The van der Waals surface area contributed by atoms with Crippen LogP contribution in [0.3, 0.4) is 0 Å². The lowest BCUT2D eigenvalue weighted by Crippen LogP contribution is -2.45. The summed E-state index contributed by atoms with van der Waals surface area (Å²) in [5, 5.41) is 4.11. The predicted molar refractivity (Wildman–Crippen MR) is 112 cm³/mol. The standard InChI is InChI=1S/C23H30N4O2/c1-17-4-5-20(14-18(17)2)15-25-11-7-23(16-25)8-12-26(13-9-23)22(29)27-10-6-21(24-27)19(3)28/h4-6,10,14H,7-9,11-13,15-16H2,1-3H3. The molecule has 0 saturated carbocycles. The SMILES string of the molecule is CC(=O)c1ccn(C(=O)N2CCC3(CCN(Cc4ccc(C)c(C)c4)C3)CC2)n1. The van der Waals surface area contributed by atoms with Crippen molar-refractivity contribution in [2.75, 3.05) is 26.2 Å². The average Bonchev–Trinajstić information content (AvgIpc) is 3.33. The Morgan fingerprint density at radius 1 is 1.03 bits per heavy atom. The number of aromatic nitrogens is 2. The second-order valence-electron chi connectivity index (χ2n) is 8.85. The van der Waals surface area contributed by atoms with Gasteiger partial charge in [-0.1, -0.05) is 18.2 Å². The Kier molecular flexibility index (Phi) is 5.30. The maximum atomic E-state index is 12.7. The predicted octanol–water partition coefficient (Wildman–Crippen LogP) is 3.66. The molecule has 0 radical (unpaired) electrons. The van der Waals surface area contributed by atoms with Crippen molar-refractivity contribution in [3.63, 3.8) is 0 Å². The van der Waals surface area contributed by atoms with Gasteiger partial charge >= 0.3 is 6.03 Å². The molecule has 2 aliphatic rings. The van der Waals surface area contributed by atoms with Crippen molar-refractivity contribution in [1.82, 2.24) is 19.6 Å². The third-order valence-corrected chi connectivity index (χ3v) is 6.74. The van der Waals surface area contributed by atoms with Gasteiger partial charge in [0.2, 0.25) is 0 Å². The molecule has 0 aliphatic carbocycles. The van der Waals surface area contributed by atoms with Gasteiger partial charge in [-0.05, 0) is 67.8 Å². The maximum Gasteiger partial charge on any atom is 0.344 e. The van der Waals surface area contributed by atoms with E-state index in [1.165, 1.54) is 34.7 Å². The van der Waals surface area contributed by atoms with E-state index in [0.29, 0.717) is 11.1 Å². The summed E-state index contributed by atoms with van der Waals surface area (Å²) in [4.78, 5) is 28.6. The van der Waals surface area contributed by atoms with Gasteiger partial charge in [0.25, 0.3) is 0 Å². The highest BCUT2D eigenvalue weighted by Gasteiger charge is 2.41. The first-order valence-corrected chi connectivity index (χ1v) is 10.5. The zero-order valence-electron chi connectivity index (χ0n) is 17.6. The van der Waals surface area contributed by atoms with E-state index in [2.05, 4.69) is 42.0 Å². The third-order valence-electron chi connectivity index (χ3n) is 6.74. The van der Waals surface area contributed by atoms with Gasteiger partial charge in [-0.15, -0.1) is 0 Å². The molecular formula is C23H30N4O2. The molecule has 29 heavy (non-hydrogen) atoms. The number of Topliss-reactive ketones (excluding diaryl/α,β-unsaturated/α-hetero) is 1. The van der Waals surface area contributed by atoms with E-state index in [4.69, 9.17) is 0 Å². The lowest BCUT2D eigenvalue weighted by Gasteiger charge is -2.39. The van der Waals surface area contributed by atoms with Gasteiger partial charge in [0.15, 0.2) is 5.78 Å². The molecule has 2 aliphatic heterocycles. The zero-order valence-corrected chi connectivity index (χ0v) is 17.6. The number of amides is 1. The van der Waals surface area contributed by atoms with E-state index in [9.17, 15) is 9.59 Å². The van der Waals surface area contributed by atoms with Crippen LogP contribution >= 0.6 is 0 Å². The molecule has 0 N–H and O–H groups in total. The number of ketones is 1. The van der Waals surface area contributed by atoms with Gasteiger partial charge < -0.3 is 4.90 Å². The van der Waals surface area contributed by atoms with E-state index in [-0.39, 0.29) is 11.8 Å². The summed E-state index contributed by atoms with van der Waals surface area (Å²) >= 11 is 0. The lowest BCUT2D eigenvalue weighted by molar-refractivity contribution is 0.101. The quantitative estimate of drug-likeness (QED) is 0.746. The van der Waals surface area contributed by atoms with Crippen molar-refractivity contribution < 1.29 is 9.59 Å². The molecule has 0 unspecified atom stereocenters. The lowest BCUT2D eigenvalue weighted by atomic mass is 9.78. The minimum absolute atomic E-state index is 0.121. The van der Waals surface area contributed by atoms with Crippen LogP contribution in [0.4, 0.5) is 4.79 Å². The topological polar surface area (TPSA) is 58.4 Å². The van der Waals surface area contributed by atoms with E-state index in [1.807, 2.05) is 4.90 Å². The number of aryl methyl sites for hydroxylation is 2. The van der Waals surface area contributed by atoms with E-state index in [1.54, 1.807) is 12.3 Å². The number of piperidine rings is 1. The number of carbonyl (C=O) groups excluding carboxylic acids is 2. The molecule has 3 heterocycles. The van der Waals surface area contributed by atoms with Gasteiger partial charge in [-0.3, -0.25) is 9.69 Å². The number of carbonyl (C=O) groups is 2. The number of hydrogen-bond acceptors (Lipinski definition) is 4. The molecule has 2 aromatic rings. The molecule has 0 bridgehead atoms. The Hall–Kier alpha value is -2.47. The number of likely N-dealkylation sites (tertiary alicyclic amines) is 2. The monoisotopic (exact) mass is 394 g/mol. The van der Waals surface area contributed by atoms with Crippen molar-refractivity contribution in [3.05, 3.63) is 52.8 Å². The van der Waals surface area contributed by atoms with Crippen LogP contribution in [0.25, 0.3) is 0 Å². The Morgan fingerprint density at radius 2 is 1.76 bits per heavy atom. The van der Waals surface area contributed by atoms with Gasteiger partial charge in [0.1, 0.15) is 5.69 Å². The van der Waals surface area contributed by atoms with Gasteiger partial charge in [0.05, 0.1) is 0 Å². The first-order valence-electron chi connectivity index (χ1n) is 10.5. The van der Waals surface area contributed by atoms with Gasteiger partial charge in [-0.25, -0.2) is 4.79 Å². The summed E-state index contributed by atoms with van der Waals surface area (Å²) in [5.74, 6) is -0.121. The largest absolute Gasteiger partial charge is 0.344 e. The van der Waals surface area contributed by atoms with Crippen molar-refractivity contribution in [2.45, 2.75) is 46.6 Å². The smallest absolute Gasteiger partial charge is 0.323 e. The highest BCUT2D eigenvalue weighted by Crippen LogP contribution is 2.41. The Bertz CT molecular complexity index is 925. The molecule has 4 rings (SSSR count). The molecule has 1 aromatic carbocycles. The number of hydrogen-bond donors (Lipinski definition) is 0. The van der Waals surface area contributed by atoms with Gasteiger partial charge in [0, 0.05) is 39.3 Å². The fraction of sp³-hybridized carbons (Fsp3) is 0.522. The molecule has 6 nitrogen and oxygen atoms in total. The molecule has 1 aromatic heterocycles. The minimum Gasteiger partial charge on any atom is -0.323 e. The molecule has 2 saturated heterocycles. The minimum atomic E-state index is -0.127. The number of rotatable bonds is 3. The van der Waals surface area contributed by atoms with Crippen LogP contribution in [0, 0.1) is 19.3 Å². The summed E-state index contributed by atoms with van der Waals surface area (Å²) in [6, 6.07) is 8.24. The summed E-state index contributed by atoms with van der Waals surface area (Å²) in [6.07, 6.45) is 4.85. The van der Waals surface area contributed by atoms with E-state index >= 15 is 0 Å². The molecule has 154 valence electrons. The van der Waals surface area contributed by atoms with Crippen LogP contribution in [0.1, 0.15) is 53.4 Å². The van der Waals surface area contributed by atoms with Crippen molar-refractivity contribution in [2.24, 2.45) is 5.41 Å². The fourth-order valence-corrected chi connectivity index (χ4v) is 4.67. The second kappa shape index (κ2) is 7.75. The summed E-state index contributed by atoms with van der Waals surface area (Å²) in [7, 11) is 0. The molecule has 6 heteroatoms. The summed E-state index contributed by atoms with van der Waals surface area (Å²) in [5.41, 5.74) is 4.75. The second-order valence-corrected chi connectivity index (χ2v) is 8.85. The first-order chi connectivity index (χ1) is 13.8. The van der Waals surface area contributed by atoms with Crippen LogP contribution in [-0.4, -0.2) is 57.6 Å². The average molecular weight is 395 g/mol. The Morgan fingerprint density at radius 3 is 2.41 bits per heavy atom. The van der Waals surface area contributed by atoms with Crippen LogP contribution in [-0.2, 0) is 6.54 Å². The zero-order chi connectivity index (χ0) is 20.6. The molecular weight excluding hydrogens is 364 g/mol. The van der Waals surface area contributed by atoms with E-state index < -0.39 is 0 Å². The van der Waals surface area contributed by atoms with E-state index in [0.717, 1.165) is 45.6 Å². The first kappa shape index (κ1) is 19.8. The number of benzene rings is 1. The van der Waals surface area contributed by atoms with Crippen molar-refractivity contribution >= 4 is 11.8 Å². The van der Waals surface area contributed by atoms with Crippen molar-refractivity contribution in [3.8, 4) is 0 Å². The van der Waals surface area contributed by atoms with Crippen LogP contribution in [0.15, 0.2) is 30.5 Å². The van der Waals surface area contributed by atoms with Gasteiger partial charge in [-0.2, -0.15) is 9.78 Å². The fourth-order valence-electron chi connectivity index (χ4n) is 4.67. The normalized spacial score (nSPS) is 19.1. The Labute approximate surface area is 172 Å². The molecule has 0 atom stereocenters. The summed E-state index contributed by atoms with van der Waals surface area (Å²) in [6.45, 7) is 10.6. The molecule has 1 amide bonds. The number of nitrogens with zero attached hydrogens (tertiary/aromatic N) is 4. The van der Waals surface area contributed by atoms with Crippen LogP contribution in [0.5, 0.6) is 0 Å². The summed E-state index contributed by atoms with van der Waals surface area (Å²) < 4.78 is 1.30.